The summed E-state index contributed by atoms with van der Waals surface area (Å²) in [6.07, 6.45) is 0. The Balaban J connectivity index is 2.43. The lowest BCUT2D eigenvalue weighted by Crippen LogP contribution is -2.32. The molecule has 1 heterocycles. The van der Waals surface area contributed by atoms with Crippen LogP contribution < -0.4 is 5.32 Å². The second-order valence-corrected chi connectivity index (χ2v) is 5.86. The van der Waals surface area contributed by atoms with E-state index in [1.165, 1.54) is 7.05 Å². The maximum atomic E-state index is 12.4. The lowest BCUT2D eigenvalue weighted by Gasteiger charge is -2.04. The molecule has 1 aromatic heterocycles. The van der Waals surface area contributed by atoms with E-state index in [0.29, 0.717) is 26.2 Å². The number of Topliss-reactive ketones (excluding diaryl/α,β-unsaturated/α-hetero) is 1. The average Bonchev–Trinajstić information content (AvgIpc) is 2.89. The van der Waals surface area contributed by atoms with E-state index in [1.807, 2.05) is 6.07 Å². The van der Waals surface area contributed by atoms with Gasteiger partial charge in [-0.3, -0.25) is 9.59 Å². The highest BCUT2D eigenvalue weighted by atomic mass is 35.5. The SMILES string of the molecule is CNC(=O)[C@H](C#N)C(=O)c1sc(-c2ccccc2Cl)nc1C. The third-order valence-electron chi connectivity index (χ3n) is 3.02. The molecule has 22 heavy (non-hydrogen) atoms. The van der Waals surface area contributed by atoms with Gasteiger partial charge in [-0.1, -0.05) is 29.8 Å². The number of rotatable bonds is 4. The molecule has 1 amide bonds. The zero-order valence-corrected chi connectivity index (χ0v) is 13.5. The van der Waals surface area contributed by atoms with Crippen molar-refractivity contribution in [1.82, 2.24) is 10.3 Å². The molecule has 112 valence electrons. The van der Waals surface area contributed by atoms with Crippen molar-refractivity contribution in [2.24, 2.45) is 5.92 Å². The van der Waals surface area contributed by atoms with E-state index < -0.39 is 17.6 Å². The number of halogens is 1. The molecule has 0 bridgehead atoms. The van der Waals surface area contributed by atoms with Crippen LogP contribution in [0.25, 0.3) is 10.6 Å². The monoisotopic (exact) mass is 333 g/mol. The number of aryl methyl sites for hydroxylation is 1. The van der Waals surface area contributed by atoms with Crippen molar-refractivity contribution in [3.63, 3.8) is 0 Å². The molecule has 0 spiro atoms. The van der Waals surface area contributed by atoms with Crippen LogP contribution >= 0.6 is 22.9 Å². The Kier molecular flexibility index (Phi) is 4.91. The predicted molar refractivity (Wildman–Crippen MR) is 84.8 cm³/mol. The van der Waals surface area contributed by atoms with Crippen molar-refractivity contribution in [1.29, 1.82) is 5.26 Å². The minimum atomic E-state index is -1.37. The third kappa shape index (κ3) is 3.01. The molecule has 0 aliphatic heterocycles. The first-order valence-electron chi connectivity index (χ1n) is 6.37. The van der Waals surface area contributed by atoms with Crippen molar-refractivity contribution >= 4 is 34.6 Å². The van der Waals surface area contributed by atoms with Crippen molar-refractivity contribution < 1.29 is 9.59 Å². The Hall–Kier alpha value is -2.23. The normalized spacial score (nSPS) is 11.5. The van der Waals surface area contributed by atoms with Crippen LogP contribution in [0.15, 0.2) is 24.3 Å². The largest absolute Gasteiger partial charge is 0.358 e. The summed E-state index contributed by atoms with van der Waals surface area (Å²) in [5.41, 5.74) is 1.19. The minimum Gasteiger partial charge on any atom is -0.358 e. The van der Waals surface area contributed by atoms with E-state index in [-0.39, 0.29) is 0 Å². The van der Waals surface area contributed by atoms with Crippen LogP contribution in [-0.4, -0.2) is 23.7 Å². The number of carbonyl (C=O) groups is 2. The highest BCUT2D eigenvalue weighted by molar-refractivity contribution is 7.17. The topological polar surface area (TPSA) is 82.9 Å². The Morgan fingerprint density at radius 1 is 1.41 bits per heavy atom. The van der Waals surface area contributed by atoms with Crippen molar-refractivity contribution in [3.05, 3.63) is 39.9 Å². The van der Waals surface area contributed by atoms with Gasteiger partial charge in [0.15, 0.2) is 5.92 Å². The summed E-state index contributed by atoms with van der Waals surface area (Å²) in [6.45, 7) is 1.67. The van der Waals surface area contributed by atoms with Gasteiger partial charge in [-0.05, 0) is 13.0 Å². The number of amides is 1. The van der Waals surface area contributed by atoms with E-state index in [0.717, 1.165) is 11.3 Å². The quantitative estimate of drug-likeness (QED) is 0.689. The van der Waals surface area contributed by atoms with Crippen LogP contribution in [0.3, 0.4) is 0 Å². The number of aromatic nitrogens is 1. The molecule has 0 saturated carbocycles. The number of thiazole rings is 1. The Morgan fingerprint density at radius 2 is 2.09 bits per heavy atom. The van der Waals surface area contributed by atoms with Gasteiger partial charge in [0, 0.05) is 12.6 Å². The number of benzene rings is 1. The Bertz CT molecular complexity index is 779. The second kappa shape index (κ2) is 6.69. The van der Waals surface area contributed by atoms with Gasteiger partial charge in [0.25, 0.3) is 0 Å². The van der Waals surface area contributed by atoms with Gasteiger partial charge < -0.3 is 5.32 Å². The van der Waals surface area contributed by atoms with E-state index in [2.05, 4.69) is 10.3 Å². The first kappa shape index (κ1) is 16.1. The number of ketones is 1. The van der Waals surface area contributed by atoms with Gasteiger partial charge in [0.2, 0.25) is 11.7 Å². The number of nitriles is 1. The van der Waals surface area contributed by atoms with Crippen LogP contribution in [0.1, 0.15) is 15.4 Å². The molecule has 2 rings (SSSR count). The number of hydrogen-bond acceptors (Lipinski definition) is 5. The smallest absolute Gasteiger partial charge is 0.245 e. The summed E-state index contributed by atoms with van der Waals surface area (Å²) in [6, 6.07) is 8.89. The standard InChI is InChI=1S/C15H12ClN3O2S/c1-8-13(12(20)10(7-17)14(21)18-2)22-15(19-8)9-5-3-4-6-11(9)16/h3-6,10H,1-2H3,(H,18,21)/t10-/m1/s1. The second-order valence-electron chi connectivity index (χ2n) is 4.45. The fourth-order valence-electron chi connectivity index (χ4n) is 1.89. The van der Waals surface area contributed by atoms with Crippen molar-refractivity contribution in [2.75, 3.05) is 7.05 Å². The van der Waals surface area contributed by atoms with E-state index >= 15 is 0 Å². The van der Waals surface area contributed by atoms with Gasteiger partial charge in [0.1, 0.15) is 5.01 Å². The summed E-state index contributed by atoms with van der Waals surface area (Å²) < 4.78 is 0. The molecule has 0 fully saturated rings. The zero-order valence-electron chi connectivity index (χ0n) is 11.9. The predicted octanol–water partition coefficient (Wildman–Crippen LogP) is 2.84. The fraction of sp³-hybridized carbons (Fsp3) is 0.200. The summed E-state index contributed by atoms with van der Waals surface area (Å²) in [5.74, 6) is -2.54. The molecule has 0 radical (unpaired) electrons. The first-order valence-corrected chi connectivity index (χ1v) is 7.56. The van der Waals surface area contributed by atoms with Gasteiger partial charge >= 0.3 is 0 Å². The number of carbonyl (C=O) groups excluding carboxylic acids is 2. The summed E-state index contributed by atoms with van der Waals surface area (Å²) in [7, 11) is 1.38. The van der Waals surface area contributed by atoms with Crippen LogP contribution in [0.5, 0.6) is 0 Å². The molecule has 2 aromatic rings. The number of nitrogens with one attached hydrogen (secondary N) is 1. The van der Waals surface area contributed by atoms with Gasteiger partial charge in [-0.25, -0.2) is 4.98 Å². The molecular formula is C15H12ClN3O2S. The molecular weight excluding hydrogens is 322 g/mol. The summed E-state index contributed by atoms with van der Waals surface area (Å²) >= 11 is 7.26. The summed E-state index contributed by atoms with van der Waals surface area (Å²) in [5, 5.41) is 12.5. The number of nitrogens with zero attached hydrogens (tertiary/aromatic N) is 2. The molecule has 0 saturated heterocycles. The molecule has 5 nitrogen and oxygen atoms in total. The highest BCUT2D eigenvalue weighted by Crippen LogP contribution is 2.33. The van der Waals surface area contributed by atoms with E-state index in [1.54, 1.807) is 31.2 Å². The van der Waals surface area contributed by atoms with Gasteiger partial charge in [-0.15, -0.1) is 11.3 Å². The lowest BCUT2D eigenvalue weighted by atomic mass is 10.0. The number of hydrogen-bond donors (Lipinski definition) is 1. The van der Waals surface area contributed by atoms with Gasteiger partial charge in [-0.2, -0.15) is 5.26 Å². The zero-order chi connectivity index (χ0) is 16.3. The summed E-state index contributed by atoms with van der Waals surface area (Å²) in [4.78, 5) is 28.6. The lowest BCUT2D eigenvalue weighted by molar-refractivity contribution is -0.121. The highest BCUT2D eigenvalue weighted by Gasteiger charge is 2.30. The molecule has 7 heteroatoms. The van der Waals surface area contributed by atoms with E-state index in [9.17, 15) is 9.59 Å². The van der Waals surface area contributed by atoms with Crippen LogP contribution in [0.4, 0.5) is 0 Å². The maximum Gasteiger partial charge on any atom is 0.245 e. The first-order chi connectivity index (χ1) is 10.5. The van der Waals surface area contributed by atoms with Gasteiger partial charge in [0.05, 0.1) is 21.7 Å². The van der Waals surface area contributed by atoms with Crippen molar-refractivity contribution in [2.45, 2.75) is 6.92 Å². The molecule has 0 aliphatic rings. The fourth-order valence-corrected chi connectivity index (χ4v) is 3.24. The van der Waals surface area contributed by atoms with E-state index in [4.69, 9.17) is 16.9 Å². The van der Waals surface area contributed by atoms with Crippen LogP contribution in [0.2, 0.25) is 5.02 Å². The van der Waals surface area contributed by atoms with Crippen LogP contribution in [-0.2, 0) is 4.79 Å². The molecule has 1 atom stereocenters. The third-order valence-corrected chi connectivity index (χ3v) is 4.56. The molecule has 1 aromatic carbocycles. The Labute approximate surface area is 136 Å². The molecule has 1 N–H and O–H groups in total. The van der Waals surface area contributed by atoms with Crippen molar-refractivity contribution in [3.8, 4) is 16.6 Å². The molecule has 0 unspecified atom stereocenters. The minimum absolute atomic E-state index is 0.296. The average molecular weight is 334 g/mol. The maximum absolute atomic E-state index is 12.4. The van der Waals surface area contributed by atoms with Crippen LogP contribution in [0, 0.1) is 24.2 Å². The Morgan fingerprint density at radius 3 is 2.68 bits per heavy atom. The molecule has 0 aliphatic carbocycles.